The lowest BCUT2D eigenvalue weighted by Gasteiger charge is -2.24. The van der Waals surface area contributed by atoms with Crippen LogP contribution in [0.15, 0.2) is 42.5 Å². The van der Waals surface area contributed by atoms with Gasteiger partial charge in [-0.3, -0.25) is 0 Å². The van der Waals surface area contributed by atoms with Crippen molar-refractivity contribution in [3.63, 3.8) is 0 Å². The van der Waals surface area contributed by atoms with Gasteiger partial charge in [-0.05, 0) is 81.1 Å². The SMILES string of the molecule is N[C@](I)(C(=O)O)[C@H](I)c1ccc(Oc2ccc(O)c(I)c2)cc1. The number of aliphatic carboxylic acids is 1. The van der Waals surface area contributed by atoms with Crippen LogP contribution in [-0.4, -0.2) is 19.7 Å². The number of ether oxygens (including phenoxy) is 1. The molecule has 0 aliphatic carbocycles. The molecule has 5 nitrogen and oxygen atoms in total. The topological polar surface area (TPSA) is 92.8 Å². The van der Waals surface area contributed by atoms with E-state index >= 15 is 0 Å². The summed E-state index contributed by atoms with van der Waals surface area (Å²) in [5.41, 5.74) is 6.65. The maximum atomic E-state index is 11.2. The third kappa shape index (κ3) is 4.60. The van der Waals surface area contributed by atoms with Crippen molar-refractivity contribution in [1.82, 2.24) is 0 Å². The first-order valence-electron chi connectivity index (χ1n) is 6.33. The molecule has 0 aliphatic heterocycles. The van der Waals surface area contributed by atoms with Crippen LogP contribution < -0.4 is 10.5 Å². The second kappa shape index (κ2) is 7.70. The van der Waals surface area contributed by atoms with Crippen LogP contribution in [0.25, 0.3) is 0 Å². The van der Waals surface area contributed by atoms with Gasteiger partial charge in [-0.1, -0.05) is 34.7 Å². The van der Waals surface area contributed by atoms with E-state index in [0.29, 0.717) is 15.1 Å². The lowest BCUT2D eigenvalue weighted by atomic mass is 10.1. The summed E-state index contributed by atoms with van der Waals surface area (Å²) in [7, 11) is 0. The fraction of sp³-hybridized carbons (Fsp3) is 0.133. The molecule has 2 aromatic rings. The molecule has 0 unspecified atom stereocenters. The van der Waals surface area contributed by atoms with Crippen molar-refractivity contribution in [3.8, 4) is 17.2 Å². The summed E-state index contributed by atoms with van der Waals surface area (Å²) >= 11 is 5.79. The number of benzene rings is 2. The molecule has 8 heteroatoms. The van der Waals surface area contributed by atoms with E-state index in [9.17, 15) is 15.0 Å². The van der Waals surface area contributed by atoms with Crippen LogP contribution in [-0.2, 0) is 4.79 Å². The zero-order valence-corrected chi connectivity index (χ0v) is 18.0. The van der Waals surface area contributed by atoms with Crippen LogP contribution in [0, 0.1) is 3.57 Å². The second-order valence-electron chi connectivity index (χ2n) is 4.72. The van der Waals surface area contributed by atoms with E-state index in [0.717, 1.165) is 5.56 Å². The standard InChI is InChI=1S/C15H12I3NO4/c16-11-7-10(5-6-12(11)20)23-9-3-1-8(2-4-9)13(17)15(18,19)14(21)22/h1-7,13,20H,19H2,(H,21,22)/t13-,15+/m1/s1. The van der Waals surface area contributed by atoms with Gasteiger partial charge >= 0.3 is 5.97 Å². The van der Waals surface area contributed by atoms with E-state index in [1.54, 1.807) is 65.1 Å². The van der Waals surface area contributed by atoms with Crippen molar-refractivity contribution in [3.05, 3.63) is 51.6 Å². The van der Waals surface area contributed by atoms with E-state index in [4.69, 9.17) is 10.5 Å². The molecule has 0 radical (unpaired) electrons. The average Bonchev–Trinajstić information content (AvgIpc) is 2.51. The number of nitrogens with two attached hydrogens (primary N) is 1. The molecular weight excluding hydrogens is 639 g/mol. The number of carboxylic acid groups (broad SMARTS) is 1. The van der Waals surface area contributed by atoms with Gasteiger partial charge in [0.05, 0.1) is 7.49 Å². The molecule has 122 valence electrons. The van der Waals surface area contributed by atoms with Gasteiger partial charge in [-0.25, -0.2) is 4.79 Å². The summed E-state index contributed by atoms with van der Waals surface area (Å²) in [6.07, 6.45) is 0. The lowest BCUT2D eigenvalue weighted by Crippen LogP contribution is -2.44. The Morgan fingerprint density at radius 3 is 2.26 bits per heavy atom. The van der Waals surface area contributed by atoms with E-state index < -0.39 is 9.51 Å². The van der Waals surface area contributed by atoms with Crippen molar-refractivity contribution in [2.45, 2.75) is 7.47 Å². The van der Waals surface area contributed by atoms with Gasteiger partial charge in [0.1, 0.15) is 17.2 Å². The van der Waals surface area contributed by atoms with Crippen molar-refractivity contribution >= 4 is 73.7 Å². The molecule has 0 spiro atoms. The quantitative estimate of drug-likeness (QED) is 0.253. The van der Waals surface area contributed by atoms with Gasteiger partial charge in [-0.2, -0.15) is 0 Å². The zero-order chi connectivity index (χ0) is 17.2. The van der Waals surface area contributed by atoms with Gasteiger partial charge in [0.25, 0.3) is 0 Å². The number of hydrogen-bond acceptors (Lipinski definition) is 4. The minimum absolute atomic E-state index is 0.205. The van der Waals surface area contributed by atoms with Crippen molar-refractivity contribution < 1.29 is 19.7 Å². The third-order valence-electron chi connectivity index (χ3n) is 3.02. The highest BCUT2D eigenvalue weighted by Gasteiger charge is 2.39. The van der Waals surface area contributed by atoms with Gasteiger partial charge in [0.2, 0.25) is 0 Å². The molecule has 2 atom stereocenters. The molecule has 2 rings (SSSR count). The van der Waals surface area contributed by atoms with Crippen LogP contribution in [0.2, 0.25) is 0 Å². The van der Waals surface area contributed by atoms with E-state index in [1.165, 1.54) is 0 Å². The predicted molar refractivity (Wildman–Crippen MR) is 113 cm³/mol. The lowest BCUT2D eigenvalue weighted by molar-refractivity contribution is -0.139. The zero-order valence-electron chi connectivity index (χ0n) is 11.5. The Balaban J connectivity index is 2.16. The number of hydrogen-bond donors (Lipinski definition) is 3. The largest absolute Gasteiger partial charge is 0.507 e. The summed E-state index contributed by atoms with van der Waals surface area (Å²) in [5, 5.41) is 18.7. The Morgan fingerprint density at radius 2 is 1.74 bits per heavy atom. The minimum Gasteiger partial charge on any atom is -0.507 e. The van der Waals surface area contributed by atoms with Crippen molar-refractivity contribution in [2.24, 2.45) is 5.73 Å². The van der Waals surface area contributed by atoms with E-state index in [-0.39, 0.29) is 9.67 Å². The molecule has 0 bridgehead atoms. The highest BCUT2D eigenvalue weighted by atomic mass is 127. The van der Waals surface area contributed by atoms with Crippen LogP contribution in [0.3, 0.4) is 0 Å². The fourth-order valence-corrected chi connectivity index (χ4v) is 3.27. The molecule has 0 saturated carbocycles. The first-order chi connectivity index (χ1) is 10.7. The predicted octanol–water partition coefficient (Wildman–Crippen LogP) is 4.44. The molecule has 0 fully saturated rings. The molecular formula is C15H12I3NO4. The first-order valence-corrected chi connectivity index (χ1v) is 9.73. The normalized spacial score (nSPS) is 14.8. The van der Waals surface area contributed by atoms with E-state index in [2.05, 4.69) is 0 Å². The van der Waals surface area contributed by atoms with Crippen LogP contribution in [0.4, 0.5) is 0 Å². The summed E-state index contributed by atoms with van der Waals surface area (Å²) in [6, 6.07) is 12.1. The fourth-order valence-electron chi connectivity index (χ4n) is 1.74. The number of phenols is 1. The molecule has 0 aliphatic rings. The van der Waals surface area contributed by atoms with E-state index in [1.807, 2.05) is 45.2 Å². The number of phenolic OH excluding ortho intramolecular Hbond substituents is 1. The first kappa shape index (κ1) is 19.0. The van der Waals surface area contributed by atoms with Crippen molar-refractivity contribution in [1.29, 1.82) is 0 Å². The molecule has 0 amide bonds. The Bertz CT molecular complexity index is 719. The Morgan fingerprint density at radius 1 is 1.17 bits per heavy atom. The molecule has 0 aromatic heterocycles. The third-order valence-corrected chi connectivity index (χ3v) is 7.87. The van der Waals surface area contributed by atoms with Crippen LogP contribution >= 0.6 is 67.8 Å². The summed E-state index contributed by atoms with van der Waals surface area (Å²) < 4.78 is 4.64. The van der Waals surface area contributed by atoms with Gasteiger partial charge in [0.15, 0.2) is 3.55 Å². The molecule has 23 heavy (non-hydrogen) atoms. The maximum absolute atomic E-state index is 11.2. The van der Waals surface area contributed by atoms with Gasteiger partial charge in [-0.15, -0.1) is 0 Å². The van der Waals surface area contributed by atoms with Crippen LogP contribution in [0.5, 0.6) is 17.2 Å². The number of carbonyl (C=O) groups is 1. The highest BCUT2D eigenvalue weighted by molar-refractivity contribution is 14.1. The average molecular weight is 651 g/mol. The molecule has 0 heterocycles. The maximum Gasteiger partial charge on any atom is 0.335 e. The Labute approximate surface area is 174 Å². The van der Waals surface area contributed by atoms with Gasteiger partial charge in [0, 0.05) is 0 Å². The number of halogens is 3. The number of carboxylic acids is 1. The molecule has 4 N–H and O–H groups in total. The number of alkyl halides is 2. The minimum atomic E-state index is -1.38. The summed E-state index contributed by atoms with van der Waals surface area (Å²) in [4.78, 5) is 11.2. The Hall–Kier alpha value is -0.340. The highest BCUT2D eigenvalue weighted by Crippen LogP contribution is 2.39. The Kier molecular flexibility index (Phi) is 6.35. The van der Waals surface area contributed by atoms with Gasteiger partial charge < -0.3 is 20.7 Å². The molecule has 0 saturated heterocycles. The monoisotopic (exact) mass is 651 g/mol. The smallest absolute Gasteiger partial charge is 0.335 e. The second-order valence-corrected chi connectivity index (χ2v) is 8.91. The number of rotatable bonds is 5. The van der Waals surface area contributed by atoms with Crippen molar-refractivity contribution in [2.75, 3.05) is 0 Å². The summed E-state index contributed by atoms with van der Waals surface area (Å²) in [5.74, 6) is 0.372. The summed E-state index contributed by atoms with van der Waals surface area (Å²) in [6.45, 7) is 0. The number of aromatic hydroxyl groups is 1. The molecule has 2 aromatic carbocycles. The van der Waals surface area contributed by atoms with Crippen LogP contribution in [0.1, 0.15) is 9.49 Å².